The maximum Gasteiger partial charge on any atom is 0.349 e. The van der Waals surface area contributed by atoms with E-state index >= 15 is 0 Å². The molecule has 0 fully saturated rings. The quantitative estimate of drug-likeness (QED) is 0.283. The lowest BCUT2D eigenvalue weighted by atomic mass is 10.1. The number of benzene rings is 1. The summed E-state index contributed by atoms with van der Waals surface area (Å²) in [4.78, 5) is 30.3. The lowest BCUT2D eigenvalue weighted by molar-refractivity contribution is 0.00745. The van der Waals surface area contributed by atoms with Crippen LogP contribution in [0.4, 0.5) is 5.00 Å². The van der Waals surface area contributed by atoms with E-state index in [1.165, 1.54) is 17.5 Å². The second kappa shape index (κ2) is 10.8. The van der Waals surface area contributed by atoms with E-state index in [1.807, 2.05) is 36.6 Å². The number of nitriles is 1. The number of ether oxygens (including phenoxy) is 2. The van der Waals surface area contributed by atoms with Gasteiger partial charge in [0.1, 0.15) is 32.1 Å². The zero-order chi connectivity index (χ0) is 25.8. The van der Waals surface area contributed by atoms with E-state index in [2.05, 4.69) is 16.4 Å². The van der Waals surface area contributed by atoms with E-state index in [4.69, 9.17) is 9.47 Å². The van der Waals surface area contributed by atoms with Gasteiger partial charge in [-0.2, -0.15) is 5.26 Å². The smallest absolute Gasteiger partial charge is 0.349 e. The molecular formula is C26H27N3O4S2. The van der Waals surface area contributed by atoms with Crippen LogP contribution in [0.25, 0.3) is 16.8 Å². The van der Waals surface area contributed by atoms with Crippen molar-refractivity contribution in [2.75, 3.05) is 11.9 Å². The summed E-state index contributed by atoms with van der Waals surface area (Å²) in [5.41, 5.74) is 3.22. The molecule has 0 amide bonds. The van der Waals surface area contributed by atoms with E-state index < -0.39 is 17.5 Å². The van der Waals surface area contributed by atoms with Crippen LogP contribution in [0.5, 0.6) is 0 Å². The van der Waals surface area contributed by atoms with Crippen molar-refractivity contribution in [1.29, 1.82) is 5.26 Å². The Kier molecular flexibility index (Phi) is 8.10. The van der Waals surface area contributed by atoms with Crippen LogP contribution < -0.4 is 5.32 Å². The Balaban J connectivity index is 1.94. The first kappa shape index (κ1) is 26.1. The average molecular weight is 510 g/mol. The van der Waals surface area contributed by atoms with Crippen LogP contribution in [0.3, 0.4) is 0 Å². The summed E-state index contributed by atoms with van der Waals surface area (Å²) in [5.74, 6) is -1.08. The molecule has 2 heterocycles. The number of aryl methyl sites for hydroxylation is 1. The monoisotopic (exact) mass is 509 g/mol. The highest BCUT2D eigenvalue weighted by atomic mass is 32.1. The molecule has 9 heteroatoms. The van der Waals surface area contributed by atoms with Gasteiger partial charge in [0.25, 0.3) is 0 Å². The molecule has 0 bridgehead atoms. The third kappa shape index (κ3) is 6.35. The molecule has 2 aromatic heterocycles. The number of carbonyl (C=O) groups is 2. The maximum absolute atomic E-state index is 12.7. The highest BCUT2D eigenvalue weighted by Gasteiger charge is 2.28. The molecule has 0 atom stereocenters. The van der Waals surface area contributed by atoms with Gasteiger partial charge >= 0.3 is 11.9 Å². The predicted octanol–water partition coefficient (Wildman–Crippen LogP) is 6.60. The standard InChI is InChI=1S/C26H27N3O4S2/c1-7-32-24(30)20-16(3)21(25(31)33-26(4,5)6)35-23(20)28-13-18(12-27)22-29-19(14-34-22)17-10-8-15(2)9-11-17/h8-11,13-14,28H,7H2,1-6H3. The molecule has 0 spiro atoms. The van der Waals surface area contributed by atoms with Crippen LogP contribution in [0, 0.1) is 25.2 Å². The van der Waals surface area contributed by atoms with Gasteiger partial charge < -0.3 is 14.8 Å². The van der Waals surface area contributed by atoms with Crippen LogP contribution in [-0.2, 0) is 9.47 Å². The fourth-order valence-corrected chi connectivity index (χ4v) is 4.95. The number of esters is 2. The largest absolute Gasteiger partial charge is 0.462 e. The van der Waals surface area contributed by atoms with Crippen molar-refractivity contribution in [1.82, 2.24) is 4.98 Å². The SMILES string of the molecule is CCOC(=O)c1c(NC=C(C#N)c2nc(-c3ccc(C)cc3)cs2)sc(C(=O)OC(C)(C)C)c1C. The van der Waals surface area contributed by atoms with E-state index in [-0.39, 0.29) is 12.2 Å². The Morgan fingerprint density at radius 1 is 1.17 bits per heavy atom. The zero-order valence-electron chi connectivity index (χ0n) is 20.5. The second-order valence-electron chi connectivity index (χ2n) is 8.70. The number of hydrogen-bond acceptors (Lipinski definition) is 9. The average Bonchev–Trinajstić information content (AvgIpc) is 3.39. The van der Waals surface area contributed by atoms with Crippen LogP contribution in [0.1, 0.15) is 63.9 Å². The Hall–Kier alpha value is -3.48. The number of allylic oxidation sites excluding steroid dienone is 1. The van der Waals surface area contributed by atoms with Crippen molar-refractivity contribution in [3.05, 3.63) is 62.4 Å². The Morgan fingerprint density at radius 2 is 1.86 bits per heavy atom. The first-order valence-corrected chi connectivity index (χ1v) is 12.7. The van der Waals surface area contributed by atoms with Gasteiger partial charge in [-0.15, -0.1) is 22.7 Å². The van der Waals surface area contributed by atoms with Crippen molar-refractivity contribution in [3.8, 4) is 17.3 Å². The summed E-state index contributed by atoms with van der Waals surface area (Å²) in [7, 11) is 0. The third-order valence-corrected chi connectivity index (χ3v) is 6.84. The summed E-state index contributed by atoms with van der Waals surface area (Å²) >= 11 is 2.43. The number of thiazole rings is 1. The Morgan fingerprint density at radius 3 is 2.46 bits per heavy atom. The summed E-state index contributed by atoms with van der Waals surface area (Å²) in [6.07, 6.45) is 1.49. The topological polar surface area (TPSA) is 101 Å². The van der Waals surface area contributed by atoms with Crippen molar-refractivity contribution < 1.29 is 19.1 Å². The van der Waals surface area contributed by atoms with Crippen molar-refractivity contribution in [3.63, 3.8) is 0 Å². The van der Waals surface area contributed by atoms with Gasteiger partial charge in [0.05, 0.1) is 17.9 Å². The second-order valence-corrected chi connectivity index (χ2v) is 10.6. The molecule has 0 radical (unpaired) electrons. The number of thiophene rings is 1. The molecule has 7 nitrogen and oxygen atoms in total. The summed E-state index contributed by atoms with van der Waals surface area (Å²) in [6.45, 7) is 10.9. The summed E-state index contributed by atoms with van der Waals surface area (Å²) in [5, 5.41) is 15.6. The van der Waals surface area contributed by atoms with Gasteiger partial charge in [-0.25, -0.2) is 14.6 Å². The molecule has 35 heavy (non-hydrogen) atoms. The first-order chi connectivity index (χ1) is 16.5. The summed E-state index contributed by atoms with van der Waals surface area (Å²) in [6, 6.07) is 10.1. The van der Waals surface area contributed by atoms with Crippen LogP contribution >= 0.6 is 22.7 Å². The maximum atomic E-state index is 12.7. The minimum absolute atomic E-state index is 0.190. The number of hydrogen-bond donors (Lipinski definition) is 1. The summed E-state index contributed by atoms with van der Waals surface area (Å²) < 4.78 is 10.7. The highest BCUT2D eigenvalue weighted by molar-refractivity contribution is 7.18. The molecule has 1 aromatic carbocycles. The third-order valence-electron chi connectivity index (χ3n) is 4.76. The molecular weight excluding hydrogens is 482 g/mol. The highest BCUT2D eigenvalue weighted by Crippen LogP contribution is 2.35. The lowest BCUT2D eigenvalue weighted by Gasteiger charge is -2.19. The van der Waals surface area contributed by atoms with E-state index in [0.717, 1.165) is 28.2 Å². The van der Waals surface area contributed by atoms with Gasteiger partial charge in [0.2, 0.25) is 0 Å². The number of rotatable bonds is 7. The minimum Gasteiger partial charge on any atom is -0.462 e. The molecule has 0 aliphatic carbocycles. The molecule has 0 saturated heterocycles. The van der Waals surface area contributed by atoms with Gasteiger partial charge in [0.15, 0.2) is 0 Å². The van der Waals surface area contributed by atoms with Crippen molar-refractivity contribution >= 4 is 45.2 Å². The van der Waals surface area contributed by atoms with Crippen molar-refractivity contribution in [2.45, 2.75) is 47.1 Å². The number of nitrogens with one attached hydrogen (secondary N) is 1. The van der Waals surface area contributed by atoms with Gasteiger partial charge in [0, 0.05) is 17.1 Å². The van der Waals surface area contributed by atoms with Crippen LogP contribution in [-0.4, -0.2) is 29.1 Å². The fourth-order valence-electron chi connectivity index (χ4n) is 3.12. The fraction of sp³-hybridized carbons (Fsp3) is 0.308. The zero-order valence-corrected chi connectivity index (χ0v) is 22.1. The molecule has 1 N–H and O–H groups in total. The van der Waals surface area contributed by atoms with Crippen molar-refractivity contribution in [2.24, 2.45) is 0 Å². The molecule has 0 unspecified atom stereocenters. The first-order valence-electron chi connectivity index (χ1n) is 11.0. The Bertz CT molecular complexity index is 1310. The predicted molar refractivity (Wildman–Crippen MR) is 140 cm³/mol. The minimum atomic E-state index is -0.681. The van der Waals surface area contributed by atoms with Gasteiger partial charge in [-0.05, 0) is 47.1 Å². The lowest BCUT2D eigenvalue weighted by Crippen LogP contribution is -2.23. The van der Waals surface area contributed by atoms with Gasteiger partial charge in [-0.1, -0.05) is 29.8 Å². The van der Waals surface area contributed by atoms with E-state index in [0.29, 0.717) is 26.0 Å². The number of carbonyl (C=O) groups excluding carboxylic acids is 2. The molecule has 3 aromatic rings. The Labute approximate surface area is 213 Å². The van der Waals surface area contributed by atoms with Crippen LogP contribution in [0.15, 0.2) is 35.8 Å². The van der Waals surface area contributed by atoms with Crippen LogP contribution in [0.2, 0.25) is 0 Å². The molecule has 0 aliphatic rings. The molecule has 0 saturated carbocycles. The van der Waals surface area contributed by atoms with E-state index in [9.17, 15) is 14.9 Å². The van der Waals surface area contributed by atoms with Gasteiger partial charge in [-0.3, -0.25) is 0 Å². The molecule has 182 valence electrons. The number of anilines is 1. The number of nitrogens with zero attached hydrogens (tertiary/aromatic N) is 2. The normalized spacial score (nSPS) is 11.6. The van der Waals surface area contributed by atoms with E-state index in [1.54, 1.807) is 34.6 Å². The molecule has 0 aliphatic heterocycles. The number of aromatic nitrogens is 1. The molecule has 3 rings (SSSR count).